The quantitative estimate of drug-likeness (QED) is 0.575. The summed E-state index contributed by atoms with van der Waals surface area (Å²) in [6, 6.07) is 0. The van der Waals surface area contributed by atoms with E-state index in [1.165, 1.54) is 0 Å². The number of rotatable bonds is 4. The summed E-state index contributed by atoms with van der Waals surface area (Å²) in [6.45, 7) is -3.31. The Morgan fingerprint density at radius 2 is 1.00 bits per heavy atom. The molecule has 8 fully saturated rings. The molecule has 8 bridgehead atoms. The molecule has 5 nitrogen and oxygen atoms in total. The standard InChI is InChI=1S/C22H30ClO5P/c23-29(28,21-7-13-1-14(8-21)4-19(3-13,11-21)17(24)25)22-9-15-2-16(10-22)6-20(5-15,12-22)18(26)27/h13-16H,1-12H2,(H,24,25)(H,26,27)/t13-,14-,15+,16+,19?,20?,21?,22?,29?. The van der Waals surface area contributed by atoms with Crippen molar-refractivity contribution in [2.45, 2.75) is 87.4 Å². The molecule has 8 aliphatic carbocycles. The van der Waals surface area contributed by atoms with Crippen LogP contribution in [0.4, 0.5) is 0 Å². The van der Waals surface area contributed by atoms with E-state index in [1.54, 1.807) is 0 Å². The Morgan fingerprint density at radius 3 is 1.28 bits per heavy atom. The number of aliphatic carboxylic acids is 2. The lowest BCUT2D eigenvalue weighted by atomic mass is 9.48. The van der Waals surface area contributed by atoms with Gasteiger partial charge >= 0.3 is 11.9 Å². The smallest absolute Gasteiger partial charge is 0.309 e. The highest BCUT2D eigenvalue weighted by molar-refractivity contribution is 7.91. The Kier molecular flexibility index (Phi) is 3.59. The summed E-state index contributed by atoms with van der Waals surface area (Å²) in [5.41, 5.74) is -1.52. The summed E-state index contributed by atoms with van der Waals surface area (Å²) in [6.07, 6.45) is 8.95. The summed E-state index contributed by atoms with van der Waals surface area (Å²) in [7, 11) is 0. The second kappa shape index (κ2) is 5.44. The van der Waals surface area contributed by atoms with Crippen LogP contribution in [0.5, 0.6) is 0 Å². The van der Waals surface area contributed by atoms with Crippen molar-refractivity contribution in [1.82, 2.24) is 0 Å². The summed E-state index contributed by atoms with van der Waals surface area (Å²) < 4.78 is 14.8. The average Bonchev–Trinajstić information content (AvgIpc) is 2.59. The van der Waals surface area contributed by atoms with E-state index in [9.17, 15) is 24.4 Å². The van der Waals surface area contributed by atoms with Crippen molar-refractivity contribution in [3.8, 4) is 0 Å². The predicted octanol–water partition coefficient (Wildman–Crippen LogP) is 5.35. The number of carbonyl (C=O) groups is 2. The van der Waals surface area contributed by atoms with Crippen LogP contribution in [0, 0.1) is 34.5 Å². The third kappa shape index (κ3) is 2.22. The second-order valence-electron chi connectivity index (χ2n) is 12.1. The summed E-state index contributed by atoms with van der Waals surface area (Å²) >= 11 is 7.28. The normalized spacial score (nSPS) is 56.3. The van der Waals surface area contributed by atoms with Crippen LogP contribution in [0.2, 0.25) is 0 Å². The van der Waals surface area contributed by atoms with Gasteiger partial charge in [0.2, 0.25) is 0 Å². The van der Waals surface area contributed by atoms with E-state index in [0.717, 1.165) is 38.5 Å². The summed E-state index contributed by atoms with van der Waals surface area (Å²) in [5.74, 6) is -0.243. The monoisotopic (exact) mass is 440 g/mol. The minimum atomic E-state index is -3.31. The van der Waals surface area contributed by atoms with Gasteiger partial charge in [-0.05, 0) is 101 Å². The maximum Gasteiger partial charge on any atom is 0.309 e. The van der Waals surface area contributed by atoms with Crippen molar-refractivity contribution in [2.75, 3.05) is 0 Å². The predicted molar refractivity (Wildman–Crippen MR) is 108 cm³/mol. The zero-order valence-electron chi connectivity index (χ0n) is 16.7. The highest BCUT2D eigenvalue weighted by atomic mass is 35.7. The molecule has 8 saturated carbocycles. The molecule has 29 heavy (non-hydrogen) atoms. The van der Waals surface area contributed by atoms with Crippen LogP contribution < -0.4 is 0 Å². The van der Waals surface area contributed by atoms with E-state index in [0.29, 0.717) is 62.2 Å². The lowest BCUT2D eigenvalue weighted by Gasteiger charge is -2.67. The van der Waals surface area contributed by atoms with Gasteiger partial charge in [-0.25, -0.2) is 0 Å². The van der Waals surface area contributed by atoms with E-state index in [2.05, 4.69) is 0 Å². The van der Waals surface area contributed by atoms with Gasteiger partial charge in [0.05, 0.1) is 10.8 Å². The largest absolute Gasteiger partial charge is 0.481 e. The summed E-state index contributed by atoms with van der Waals surface area (Å²) in [5, 5.41) is 19.0. The molecule has 0 aromatic heterocycles. The Hall–Kier alpha value is -0.540. The zero-order valence-corrected chi connectivity index (χ0v) is 18.4. The van der Waals surface area contributed by atoms with Crippen LogP contribution >= 0.6 is 17.7 Å². The van der Waals surface area contributed by atoms with Gasteiger partial charge in [0.1, 0.15) is 0 Å². The number of carboxylic acid groups (broad SMARTS) is 2. The Balaban J connectivity index is 1.45. The molecule has 0 aromatic rings. The van der Waals surface area contributed by atoms with Crippen LogP contribution in [-0.2, 0) is 14.2 Å². The van der Waals surface area contributed by atoms with Crippen LogP contribution in [-0.4, -0.2) is 32.5 Å². The molecule has 0 amide bonds. The molecular weight excluding hydrogens is 411 g/mol. The van der Waals surface area contributed by atoms with E-state index in [1.807, 2.05) is 0 Å². The molecule has 7 heteroatoms. The number of hydrogen-bond acceptors (Lipinski definition) is 3. The van der Waals surface area contributed by atoms with Gasteiger partial charge in [-0.15, -0.1) is 0 Å². The van der Waals surface area contributed by atoms with Gasteiger partial charge in [-0.3, -0.25) is 9.59 Å². The van der Waals surface area contributed by atoms with Crippen LogP contribution in [0.1, 0.15) is 77.0 Å². The first-order chi connectivity index (χ1) is 13.5. The van der Waals surface area contributed by atoms with Gasteiger partial charge in [-0.2, -0.15) is 0 Å². The van der Waals surface area contributed by atoms with Crippen LogP contribution in [0.25, 0.3) is 0 Å². The first-order valence-corrected chi connectivity index (χ1v) is 13.9. The minimum Gasteiger partial charge on any atom is -0.481 e. The second-order valence-corrected chi connectivity index (χ2v) is 16.5. The minimum absolute atomic E-state index is 0.307. The van der Waals surface area contributed by atoms with E-state index >= 15 is 0 Å². The van der Waals surface area contributed by atoms with Crippen LogP contribution in [0.15, 0.2) is 0 Å². The van der Waals surface area contributed by atoms with Crippen molar-refractivity contribution >= 4 is 29.7 Å². The molecule has 160 valence electrons. The molecule has 8 aliphatic rings. The highest BCUT2D eigenvalue weighted by Gasteiger charge is 2.74. The van der Waals surface area contributed by atoms with Crippen molar-refractivity contribution < 1.29 is 24.4 Å². The molecule has 5 atom stereocenters. The lowest BCUT2D eigenvalue weighted by Crippen LogP contribution is -2.63. The lowest BCUT2D eigenvalue weighted by molar-refractivity contribution is -0.164. The van der Waals surface area contributed by atoms with Gasteiger partial charge in [0.15, 0.2) is 6.49 Å². The molecule has 1 unspecified atom stereocenters. The Morgan fingerprint density at radius 1 is 0.690 bits per heavy atom. The van der Waals surface area contributed by atoms with Gasteiger partial charge in [-0.1, -0.05) is 11.2 Å². The van der Waals surface area contributed by atoms with E-state index in [-0.39, 0.29) is 0 Å². The molecule has 0 aliphatic heterocycles. The summed E-state index contributed by atoms with van der Waals surface area (Å²) in [4.78, 5) is 24.6. The first kappa shape index (κ1) is 19.2. The van der Waals surface area contributed by atoms with Gasteiger partial charge < -0.3 is 14.8 Å². The Labute approximate surface area is 176 Å². The molecule has 2 N–H and O–H groups in total. The fourth-order valence-corrected chi connectivity index (χ4v) is 15.3. The third-order valence-corrected chi connectivity index (χ3v) is 15.8. The fourth-order valence-electron chi connectivity index (χ4n) is 10.1. The third-order valence-electron chi connectivity index (χ3n) is 10.2. The molecule has 0 aromatic carbocycles. The van der Waals surface area contributed by atoms with E-state index in [4.69, 9.17) is 11.2 Å². The molecule has 8 rings (SSSR count). The zero-order chi connectivity index (χ0) is 20.4. The number of carboxylic acids is 2. The Bertz CT molecular complexity index is 773. The van der Waals surface area contributed by atoms with Crippen molar-refractivity contribution in [1.29, 1.82) is 0 Å². The van der Waals surface area contributed by atoms with Crippen LogP contribution in [0.3, 0.4) is 0 Å². The maximum absolute atomic E-state index is 14.8. The molecule has 0 heterocycles. The first-order valence-electron chi connectivity index (χ1n) is 11.3. The number of hydrogen-bond donors (Lipinski definition) is 2. The topological polar surface area (TPSA) is 91.7 Å². The molecular formula is C22H30ClO5P. The van der Waals surface area contributed by atoms with Crippen molar-refractivity contribution in [3.63, 3.8) is 0 Å². The molecule has 0 saturated heterocycles. The molecule has 0 radical (unpaired) electrons. The van der Waals surface area contributed by atoms with Crippen molar-refractivity contribution in [2.24, 2.45) is 34.5 Å². The average molecular weight is 441 g/mol. The highest BCUT2D eigenvalue weighted by Crippen LogP contribution is 2.87. The fraction of sp³-hybridized carbons (Fsp3) is 0.909. The van der Waals surface area contributed by atoms with Gasteiger partial charge in [0.25, 0.3) is 0 Å². The van der Waals surface area contributed by atoms with Crippen molar-refractivity contribution in [3.05, 3.63) is 0 Å². The van der Waals surface area contributed by atoms with E-state index < -0.39 is 39.6 Å². The SMILES string of the molecule is O=C(O)C12C[C@H]3C[C@H](C1)CC(P(=O)(Cl)C14C[C@H]5C[C@@H](CC(C(=O)O)(C5)C1)C4)(C3)C2. The maximum atomic E-state index is 14.8. The number of halogens is 1. The van der Waals surface area contributed by atoms with Gasteiger partial charge in [0, 0.05) is 10.3 Å². The molecule has 0 spiro atoms.